The third-order valence-electron chi connectivity index (χ3n) is 5.22. The van der Waals surface area contributed by atoms with Crippen LogP contribution in [0.1, 0.15) is 43.4 Å². The van der Waals surface area contributed by atoms with Gasteiger partial charge in [0.05, 0.1) is 13.2 Å². The average Bonchev–Trinajstić information content (AvgIpc) is 2.91. The van der Waals surface area contributed by atoms with E-state index in [1.165, 1.54) is 12.1 Å². The van der Waals surface area contributed by atoms with Crippen LogP contribution in [0.2, 0.25) is 0 Å². The SMILES string of the molecule is COc1ccc([C@H](NC(=O)N2CCC[C@H](C)CC2)c2ccc(F)cc2)cc1. The van der Waals surface area contributed by atoms with E-state index in [-0.39, 0.29) is 17.9 Å². The molecule has 0 aromatic heterocycles. The minimum Gasteiger partial charge on any atom is -0.497 e. The van der Waals surface area contributed by atoms with Gasteiger partial charge in [-0.15, -0.1) is 0 Å². The van der Waals surface area contributed by atoms with Crippen molar-refractivity contribution >= 4 is 6.03 Å². The lowest BCUT2D eigenvalue weighted by Gasteiger charge is -2.26. The van der Waals surface area contributed by atoms with E-state index < -0.39 is 0 Å². The highest BCUT2D eigenvalue weighted by molar-refractivity contribution is 5.75. The summed E-state index contributed by atoms with van der Waals surface area (Å²) in [4.78, 5) is 14.8. The summed E-state index contributed by atoms with van der Waals surface area (Å²) >= 11 is 0. The Labute approximate surface area is 160 Å². The van der Waals surface area contributed by atoms with Gasteiger partial charge >= 0.3 is 6.03 Å². The van der Waals surface area contributed by atoms with Crippen molar-refractivity contribution in [1.29, 1.82) is 0 Å². The molecule has 27 heavy (non-hydrogen) atoms. The molecule has 1 heterocycles. The molecule has 1 saturated heterocycles. The molecule has 2 aromatic rings. The first-order valence-corrected chi connectivity index (χ1v) is 9.51. The summed E-state index contributed by atoms with van der Waals surface area (Å²) in [6.45, 7) is 3.78. The second-order valence-electron chi connectivity index (χ2n) is 7.23. The number of halogens is 1. The molecule has 1 N–H and O–H groups in total. The van der Waals surface area contributed by atoms with Gasteiger partial charge in [-0.3, -0.25) is 0 Å². The van der Waals surface area contributed by atoms with E-state index in [4.69, 9.17) is 4.74 Å². The highest BCUT2D eigenvalue weighted by atomic mass is 19.1. The van der Waals surface area contributed by atoms with Crippen molar-refractivity contribution in [2.45, 2.75) is 32.2 Å². The molecule has 4 nitrogen and oxygen atoms in total. The van der Waals surface area contributed by atoms with Crippen LogP contribution in [0.5, 0.6) is 5.75 Å². The van der Waals surface area contributed by atoms with E-state index in [2.05, 4.69) is 12.2 Å². The van der Waals surface area contributed by atoms with Crippen LogP contribution in [-0.4, -0.2) is 31.1 Å². The third-order valence-corrected chi connectivity index (χ3v) is 5.22. The zero-order valence-electron chi connectivity index (χ0n) is 16.0. The van der Waals surface area contributed by atoms with E-state index in [1.54, 1.807) is 19.2 Å². The van der Waals surface area contributed by atoms with E-state index in [0.717, 1.165) is 49.2 Å². The van der Waals surface area contributed by atoms with E-state index in [0.29, 0.717) is 5.92 Å². The Morgan fingerprint density at radius 3 is 2.33 bits per heavy atom. The first-order valence-electron chi connectivity index (χ1n) is 9.51. The maximum absolute atomic E-state index is 13.4. The molecule has 0 spiro atoms. The van der Waals surface area contributed by atoms with Crippen LogP contribution in [0.25, 0.3) is 0 Å². The van der Waals surface area contributed by atoms with Gasteiger partial charge in [0.15, 0.2) is 0 Å². The van der Waals surface area contributed by atoms with Gasteiger partial charge in [0.1, 0.15) is 11.6 Å². The summed E-state index contributed by atoms with van der Waals surface area (Å²) in [5.41, 5.74) is 1.78. The molecule has 3 rings (SSSR count). The number of amides is 2. The molecule has 2 atom stereocenters. The Morgan fingerprint density at radius 2 is 1.70 bits per heavy atom. The lowest BCUT2D eigenvalue weighted by Crippen LogP contribution is -2.42. The zero-order valence-corrected chi connectivity index (χ0v) is 16.0. The number of nitrogens with zero attached hydrogens (tertiary/aromatic N) is 1. The summed E-state index contributed by atoms with van der Waals surface area (Å²) in [6, 6.07) is 13.5. The van der Waals surface area contributed by atoms with Crippen molar-refractivity contribution < 1.29 is 13.9 Å². The van der Waals surface area contributed by atoms with E-state index >= 15 is 0 Å². The van der Waals surface area contributed by atoms with E-state index in [1.807, 2.05) is 29.2 Å². The predicted molar refractivity (Wildman–Crippen MR) is 104 cm³/mol. The normalized spacial score (nSPS) is 18.5. The molecular weight excluding hydrogens is 343 g/mol. The largest absolute Gasteiger partial charge is 0.497 e. The highest BCUT2D eigenvalue weighted by Gasteiger charge is 2.23. The number of ether oxygens (including phenoxy) is 1. The molecule has 0 unspecified atom stereocenters. The number of urea groups is 1. The fraction of sp³-hybridized carbons (Fsp3) is 0.409. The Balaban J connectivity index is 1.82. The molecule has 144 valence electrons. The maximum atomic E-state index is 13.4. The Bertz CT molecular complexity index is 746. The monoisotopic (exact) mass is 370 g/mol. The van der Waals surface area contributed by atoms with Crippen molar-refractivity contribution in [1.82, 2.24) is 10.2 Å². The van der Waals surface area contributed by atoms with Gasteiger partial charge < -0.3 is 15.0 Å². The van der Waals surface area contributed by atoms with Crippen LogP contribution in [0.3, 0.4) is 0 Å². The van der Waals surface area contributed by atoms with Crippen molar-refractivity contribution in [3.05, 3.63) is 65.5 Å². The molecular formula is C22H27FN2O2. The topological polar surface area (TPSA) is 41.6 Å². The average molecular weight is 370 g/mol. The molecule has 5 heteroatoms. The Kier molecular flexibility index (Phi) is 6.32. The fourth-order valence-electron chi connectivity index (χ4n) is 3.49. The quantitative estimate of drug-likeness (QED) is 0.843. The zero-order chi connectivity index (χ0) is 19.2. The number of carbonyl (C=O) groups excluding carboxylic acids is 1. The first-order chi connectivity index (χ1) is 13.1. The fourth-order valence-corrected chi connectivity index (χ4v) is 3.49. The van der Waals surface area contributed by atoms with Gasteiger partial charge in [0.2, 0.25) is 0 Å². The molecule has 2 aromatic carbocycles. The first kappa shape index (κ1) is 19.2. The maximum Gasteiger partial charge on any atom is 0.318 e. The minimum absolute atomic E-state index is 0.0748. The number of hydrogen-bond donors (Lipinski definition) is 1. The van der Waals surface area contributed by atoms with Gasteiger partial charge in [-0.1, -0.05) is 31.2 Å². The Hall–Kier alpha value is -2.56. The van der Waals surface area contributed by atoms with Crippen LogP contribution in [-0.2, 0) is 0 Å². The number of carbonyl (C=O) groups is 1. The van der Waals surface area contributed by atoms with Crippen LogP contribution in [0, 0.1) is 11.7 Å². The number of nitrogens with one attached hydrogen (secondary N) is 1. The van der Waals surface area contributed by atoms with E-state index in [9.17, 15) is 9.18 Å². The highest BCUT2D eigenvalue weighted by Crippen LogP contribution is 2.25. The Morgan fingerprint density at radius 1 is 1.07 bits per heavy atom. The third kappa shape index (κ3) is 5.00. The van der Waals surface area contributed by atoms with Crippen molar-refractivity contribution in [2.75, 3.05) is 20.2 Å². The molecule has 1 aliphatic rings. The number of benzene rings is 2. The molecule has 0 bridgehead atoms. The lowest BCUT2D eigenvalue weighted by molar-refractivity contribution is 0.197. The number of methoxy groups -OCH3 is 1. The summed E-state index contributed by atoms with van der Waals surface area (Å²) in [7, 11) is 1.62. The minimum atomic E-state index is -0.343. The molecule has 0 radical (unpaired) electrons. The molecule has 0 saturated carbocycles. The summed E-state index contributed by atoms with van der Waals surface area (Å²) in [6.07, 6.45) is 3.21. The predicted octanol–water partition coefficient (Wildman–Crippen LogP) is 4.76. The van der Waals surface area contributed by atoms with Gasteiger partial charge in [-0.2, -0.15) is 0 Å². The summed E-state index contributed by atoms with van der Waals surface area (Å²) < 4.78 is 18.6. The molecule has 1 fully saturated rings. The molecule has 2 amide bonds. The standard InChI is InChI=1S/C22H27FN2O2/c1-16-4-3-14-25(15-13-16)22(26)24-21(17-5-9-19(23)10-6-17)18-7-11-20(27-2)12-8-18/h5-12,16,21H,3-4,13-15H2,1-2H3,(H,24,26)/t16-,21+/m0/s1. The second-order valence-corrected chi connectivity index (χ2v) is 7.23. The van der Waals surface area contributed by atoms with Gasteiger partial charge in [0.25, 0.3) is 0 Å². The molecule has 1 aliphatic heterocycles. The van der Waals surface area contributed by atoms with Crippen molar-refractivity contribution in [3.63, 3.8) is 0 Å². The number of rotatable bonds is 4. The van der Waals surface area contributed by atoms with Gasteiger partial charge in [-0.25, -0.2) is 9.18 Å². The second kappa shape index (κ2) is 8.89. The summed E-state index contributed by atoms with van der Waals surface area (Å²) in [5, 5.41) is 3.14. The van der Waals surface area contributed by atoms with Gasteiger partial charge in [-0.05, 0) is 60.6 Å². The van der Waals surface area contributed by atoms with Crippen LogP contribution >= 0.6 is 0 Å². The number of likely N-dealkylation sites (tertiary alicyclic amines) is 1. The lowest BCUT2D eigenvalue weighted by atomic mass is 9.98. The summed E-state index contributed by atoms with van der Waals surface area (Å²) in [5.74, 6) is 1.11. The van der Waals surface area contributed by atoms with Crippen molar-refractivity contribution in [3.8, 4) is 5.75 Å². The van der Waals surface area contributed by atoms with Gasteiger partial charge in [0, 0.05) is 13.1 Å². The van der Waals surface area contributed by atoms with Crippen LogP contribution in [0.15, 0.2) is 48.5 Å². The van der Waals surface area contributed by atoms with Crippen molar-refractivity contribution in [2.24, 2.45) is 5.92 Å². The number of hydrogen-bond acceptors (Lipinski definition) is 2. The van der Waals surface area contributed by atoms with Crippen LogP contribution in [0.4, 0.5) is 9.18 Å². The molecule has 0 aliphatic carbocycles. The van der Waals surface area contributed by atoms with Crippen LogP contribution < -0.4 is 10.1 Å². The smallest absolute Gasteiger partial charge is 0.318 e.